The van der Waals surface area contributed by atoms with Gasteiger partial charge in [-0.05, 0) is 48.7 Å². The molecular weight excluding hydrogens is 374 g/mol. The molecule has 0 heterocycles. The van der Waals surface area contributed by atoms with Gasteiger partial charge in [0.25, 0.3) is 5.91 Å². The number of hydrogen-bond acceptors (Lipinski definition) is 3. The number of nitrogens with one attached hydrogen (secondary N) is 2. The van der Waals surface area contributed by atoms with E-state index in [-0.39, 0.29) is 23.9 Å². The van der Waals surface area contributed by atoms with Gasteiger partial charge >= 0.3 is 0 Å². The van der Waals surface area contributed by atoms with Crippen LogP contribution in [-0.2, 0) is 10.3 Å². The number of carbonyl (C=O) groups excluding carboxylic acids is 2. The third-order valence-corrected chi connectivity index (χ3v) is 5.24. The molecule has 28 heavy (non-hydrogen) atoms. The molecule has 0 aliphatic heterocycles. The average molecular weight is 402 g/mol. The fourth-order valence-corrected chi connectivity index (χ4v) is 3.35. The first-order valence-corrected chi connectivity index (χ1v) is 9.81. The number of anilines is 1. The van der Waals surface area contributed by atoms with E-state index in [0.29, 0.717) is 16.3 Å². The lowest BCUT2D eigenvalue weighted by molar-refractivity contribution is -0.115. The fraction of sp³-hybridized carbons (Fsp3) is 0.364. The third-order valence-electron chi connectivity index (χ3n) is 4.99. The van der Waals surface area contributed by atoms with E-state index in [2.05, 4.69) is 24.5 Å². The molecule has 2 aromatic rings. The lowest BCUT2D eigenvalue weighted by atomic mass is 9.84. The van der Waals surface area contributed by atoms with E-state index in [1.807, 2.05) is 24.3 Å². The van der Waals surface area contributed by atoms with Crippen LogP contribution in [0.1, 0.15) is 42.6 Å². The summed E-state index contributed by atoms with van der Waals surface area (Å²) in [5.74, 6) is -0.261. The minimum atomic E-state index is -0.301. The van der Waals surface area contributed by atoms with Gasteiger partial charge in [-0.1, -0.05) is 43.6 Å². The van der Waals surface area contributed by atoms with Crippen molar-refractivity contribution in [3.05, 3.63) is 64.7 Å². The van der Waals surface area contributed by atoms with E-state index in [0.717, 1.165) is 18.4 Å². The Labute approximate surface area is 172 Å². The van der Waals surface area contributed by atoms with Gasteiger partial charge in [-0.15, -0.1) is 0 Å². The Morgan fingerprint density at radius 3 is 2.25 bits per heavy atom. The second-order valence-electron chi connectivity index (χ2n) is 6.98. The van der Waals surface area contributed by atoms with Crippen LogP contribution in [0.15, 0.2) is 48.5 Å². The highest BCUT2D eigenvalue weighted by molar-refractivity contribution is 6.30. The highest BCUT2D eigenvalue weighted by Crippen LogP contribution is 2.29. The number of amides is 2. The lowest BCUT2D eigenvalue weighted by Gasteiger charge is -2.33. The molecule has 2 rings (SSSR count). The molecule has 0 aliphatic rings. The first-order valence-electron chi connectivity index (χ1n) is 9.44. The summed E-state index contributed by atoms with van der Waals surface area (Å²) in [5, 5.41) is 6.97. The van der Waals surface area contributed by atoms with Gasteiger partial charge in [0.2, 0.25) is 5.91 Å². The summed E-state index contributed by atoms with van der Waals surface area (Å²) in [5.41, 5.74) is 1.94. The summed E-state index contributed by atoms with van der Waals surface area (Å²) in [6.45, 7) is 4.36. The van der Waals surface area contributed by atoms with Crippen LogP contribution in [-0.4, -0.2) is 37.4 Å². The molecule has 2 aromatic carbocycles. The number of nitrogens with zero attached hydrogens (tertiary/aromatic N) is 1. The third kappa shape index (κ3) is 5.33. The maximum atomic E-state index is 12.5. The summed E-state index contributed by atoms with van der Waals surface area (Å²) in [6, 6.07) is 14.7. The Balaban J connectivity index is 2.07. The first kappa shape index (κ1) is 21.9. The van der Waals surface area contributed by atoms with Gasteiger partial charge < -0.3 is 10.2 Å². The first-order chi connectivity index (χ1) is 13.3. The van der Waals surface area contributed by atoms with Crippen molar-refractivity contribution in [1.82, 2.24) is 10.2 Å². The zero-order valence-corrected chi connectivity index (χ0v) is 17.6. The Morgan fingerprint density at radius 2 is 1.68 bits per heavy atom. The number of rotatable bonds is 8. The van der Waals surface area contributed by atoms with Gasteiger partial charge in [-0.25, -0.2) is 0 Å². The maximum Gasteiger partial charge on any atom is 0.253 e. The van der Waals surface area contributed by atoms with Crippen molar-refractivity contribution in [3.8, 4) is 0 Å². The Bertz CT molecular complexity index is 815. The van der Waals surface area contributed by atoms with Crippen LogP contribution in [0.4, 0.5) is 5.69 Å². The van der Waals surface area contributed by atoms with E-state index >= 15 is 0 Å². The van der Waals surface area contributed by atoms with Gasteiger partial charge in [0, 0.05) is 35.9 Å². The molecule has 0 bridgehead atoms. The molecule has 150 valence electrons. The maximum absolute atomic E-state index is 12.5. The molecule has 0 saturated heterocycles. The second kappa shape index (κ2) is 9.71. The van der Waals surface area contributed by atoms with Gasteiger partial charge in [0.1, 0.15) is 0 Å². The average Bonchev–Trinajstić information content (AvgIpc) is 2.69. The molecule has 2 N–H and O–H groups in total. The minimum Gasteiger partial charge on any atom is -0.345 e. The molecular formula is C22H28ClN3O2. The Morgan fingerprint density at radius 1 is 1.04 bits per heavy atom. The molecule has 0 unspecified atom stereocenters. The van der Waals surface area contributed by atoms with E-state index in [1.54, 1.807) is 38.4 Å². The van der Waals surface area contributed by atoms with Gasteiger partial charge in [-0.3, -0.25) is 14.9 Å². The highest BCUT2D eigenvalue weighted by Gasteiger charge is 2.28. The number of halogens is 1. The smallest absolute Gasteiger partial charge is 0.253 e. The molecule has 0 aliphatic carbocycles. The van der Waals surface area contributed by atoms with Crippen molar-refractivity contribution in [2.45, 2.75) is 32.2 Å². The topological polar surface area (TPSA) is 61.4 Å². The Kier molecular flexibility index (Phi) is 7.61. The van der Waals surface area contributed by atoms with E-state index < -0.39 is 0 Å². The van der Waals surface area contributed by atoms with Crippen molar-refractivity contribution in [3.63, 3.8) is 0 Å². The molecule has 6 heteroatoms. The van der Waals surface area contributed by atoms with Crippen molar-refractivity contribution in [2.75, 3.05) is 26.0 Å². The van der Waals surface area contributed by atoms with Crippen molar-refractivity contribution in [2.24, 2.45) is 0 Å². The van der Waals surface area contributed by atoms with E-state index in [4.69, 9.17) is 11.6 Å². The summed E-state index contributed by atoms with van der Waals surface area (Å²) < 4.78 is 0. The van der Waals surface area contributed by atoms with Crippen LogP contribution in [0, 0.1) is 0 Å². The van der Waals surface area contributed by atoms with Gasteiger partial charge in [0.15, 0.2) is 0 Å². The molecule has 0 fully saturated rings. The highest BCUT2D eigenvalue weighted by atomic mass is 35.5. The van der Waals surface area contributed by atoms with Gasteiger partial charge in [-0.2, -0.15) is 0 Å². The number of benzene rings is 2. The van der Waals surface area contributed by atoms with Gasteiger partial charge in [0.05, 0.1) is 6.54 Å². The monoisotopic (exact) mass is 401 g/mol. The molecule has 0 aromatic heterocycles. The standard InChI is InChI=1S/C22H28ClN3O2/c1-5-22(6-2,17-10-12-18(23)13-11-17)24-15-20(27)25-19-9-7-8-16(14-19)21(28)26(3)4/h7-14,24H,5-6,15H2,1-4H3,(H,25,27). The van der Waals surface area contributed by atoms with Crippen molar-refractivity contribution in [1.29, 1.82) is 0 Å². The molecule has 0 radical (unpaired) electrons. The molecule has 2 amide bonds. The van der Waals surface area contributed by atoms with Crippen LogP contribution in [0.2, 0.25) is 5.02 Å². The van der Waals surface area contributed by atoms with Crippen LogP contribution >= 0.6 is 11.6 Å². The summed E-state index contributed by atoms with van der Waals surface area (Å²) in [6.07, 6.45) is 1.68. The molecule has 5 nitrogen and oxygen atoms in total. The summed E-state index contributed by atoms with van der Waals surface area (Å²) >= 11 is 6.01. The van der Waals surface area contributed by atoms with Crippen LogP contribution in [0.3, 0.4) is 0 Å². The van der Waals surface area contributed by atoms with Crippen molar-refractivity contribution >= 4 is 29.1 Å². The van der Waals surface area contributed by atoms with Crippen LogP contribution in [0.5, 0.6) is 0 Å². The van der Waals surface area contributed by atoms with E-state index in [1.165, 1.54) is 4.90 Å². The zero-order valence-electron chi connectivity index (χ0n) is 16.9. The Hall–Kier alpha value is -2.37. The molecule has 0 spiro atoms. The molecule has 0 saturated carbocycles. The normalized spacial score (nSPS) is 11.2. The predicted molar refractivity (Wildman–Crippen MR) is 115 cm³/mol. The number of carbonyl (C=O) groups is 2. The summed E-state index contributed by atoms with van der Waals surface area (Å²) in [4.78, 5) is 26.1. The largest absolute Gasteiger partial charge is 0.345 e. The predicted octanol–water partition coefficient (Wildman–Crippen LogP) is 4.29. The minimum absolute atomic E-state index is 0.104. The van der Waals surface area contributed by atoms with Crippen molar-refractivity contribution < 1.29 is 9.59 Å². The second-order valence-corrected chi connectivity index (χ2v) is 7.41. The number of hydrogen-bond donors (Lipinski definition) is 2. The SMILES string of the molecule is CCC(CC)(NCC(=O)Nc1cccc(C(=O)N(C)C)c1)c1ccc(Cl)cc1. The zero-order chi connectivity index (χ0) is 20.7. The van der Waals surface area contributed by atoms with Crippen LogP contribution < -0.4 is 10.6 Å². The quantitative estimate of drug-likeness (QED) is 0.693. The van der Waals surface area contributed by atoms with E-state index in [9.17, 15) is 9.59 Å². The fourth-order valence-electron chi connectivity index (χ4n) is 3.22. The molecule has 0 atom stereocenters. The van der Waals surface area contributed by atoms with Crippen LogP contribution in [0.25, 0.3) is 0 Å². The summed E-state index contributed by atoms with van der Waals surface area (Å²) in [7, 11) is 3.40. The lowest BCUT2D eigenvalue weighted by Crippen LogP contribution is -2.45.